The van der Waals surface area contributed by atoms with E-state index in [1.807, 2.05) is 6.07 Å². The van der Waals surface area contributed by atoms with Crippen molar-refractivity contribution in [1.82, 2.24) is 0 Å². The van der Waals surface area contributed by atoms with Crippen LogP contribution in [0.2, 0.25) is 5.02 Å². The fraction of sp³-hybridized carbons (Fsp3) is 0.471. The Morgan fingerprint density at radius 1 is 1.21 bits per heavy atom. The van der Waals surface area contributed by atoms with Gasteiger partial charge in [0.1, 0.15) is 11.3 Å². The maximum Gasteiger partial charge on any atom is 0.293 e. The highest BCUT2D eigenvalue weighted by Crippen LogP contribution is 2.82. The lowest BCUT2D eigenvalue weighted by atomic mass is 9.93. The van der Waals surface area contributed by atoms with Gasteiger partial charge in [-0.25, -0.2) is 4.99 Å². The first-order valence-corrected chi connectivity index (χ1v) is 8.09. The molecule has 24 heavy (non-hydrogen) atoms. The van der Waals surface area contributed by atoms with Crippen LogP contribution in [0, 0.1) is 33.5 Å². The highest BCUT2D eigenvalue weighted by atomic mass is 35.5. The number of nitrogens with two attached hydrogens (primary N) is 1. The first-order chi connectivity index (χ1) is 11.5. The van der Waals surface area contributed by atoms with Crippen LogP contribution in [0.25, 0.3) is 0 Å². The molecule has 2 aliphatic rings. The van der Waals surface area contributed by atoms with Crippen LogP contribution < -0.4 is 5.73 Å². The van der Waals surface area contributed by atoms with Gasteiger partial charge in [0.05, 0.1) is 12.1 Å². The zero-order valence-corrected chi connectivity index (χ0v) is 14.2. The second kappa shape index (κ2) is 5.46. The average molecular weight is 345 g/mol. The number of amidine groups is 1. The van der Waals surface area contributed by atoms with Crippen molar-refractivity contribution in [3.05, 3.63) is 34.9 Å². The van der Waals surface area contributed by atoms with Crippen molar-refractivity contribution in [2.75, 3.05) is 13.2 Å². The maximum absolute atomic E-state index is 10.1. The fourth-order valence-electron chi connectivity index (χ4n) is 3.93. The molecule has 6 nitrogen and oxygen atoms in total. The molecule has 3 rings (SSSR count). The molecule has 1 aliphatic carbocycles. The van der Waals surface area contributed by atoms with E-state index in [9.17, 15) is 10.5 Å². The molecule has 2 N–H and O–H groups in total. The molecule has 0 amide bonds. The standard InChI is InChI=1S/C17H17ClN4O2/c1-3-23-17(24-4-2)16(10-20)13(11-7-5-6-8-12(11)18)15(16,9-19)14(21)22-17/h5-8,13H,3-4H2,1-2H3,(H2,21,22). The highest BCUT2D eigenvalue weighted by Gasteiger charge is 2.93. The number of hydrogen-bond acceptors (Lipinski definition) is 6. The minimum Gasteiger partial charge on any atom is -0.386 e. The Labute approximate surface area is 145 Å². The van der Waals surface area contributed by atoms with Gasteiger partial charge in [-0.3, -0.25) is 0 Å². The Kier molecular flexibility index (Phi) is 3.80. The molecule has 0 spiro atoms. The molecule has 1 aromatic carbocycles. The quantitative estimate of drug-likeness (QED) is 0.826. The second-order valence-corrected chi connectivity index (χ2v) is 6.15. The van der Waals surface area contributed by atoms with Crippen molar-refractivity contribution < 1.29 is 9.47 Å². The first-order valence-electron chi connectivity index (χ1n) is 7.72. The minimum absolute atomic E-state index is 0.0540. The van der Waals surface area contributed by atoms with Gasteiger partial charge in [-0.2, -0.15) is 10.5 Å². The molecule has 0 radical (unpaired) electrons. The Morgan fingerprint density at radius 3 is 2.33 bits per heavy atom. The zero-order chi connectivity index (χ0) is 17.6. The molecule has 1 aromatic rings. The van der Waals surface area contributed by atoms with Gasteiger partial charge in [0.2, 0.25) is 0 Å². The van der Waals surface area contributed by atoms with Crippen LogP contribution in [-0.4, -0.2) is 25.0 Å². The molecule has 0 saturated heterocycles. The number of aliphatic imine (C=N–C) groups is 1. The maximum atomic E-state index is 10.1. The molecule has 0 aromatic heterocycles. The zero-order valence-electron chi connectivity index (χ0n) is 13.4. The van der Waals surface area contributed by atoms with E-state index in [4.69, 9.17) is 26.8 Å². The van der Waals surface area contributed by atoms with E-state index >= 15 is 0 Å². The van der Waals surface area contributed by atoms with Crippen LogP contribution >= 0.6 is 11.6 Å². The van der Waals surface area contributed by atoms with Gasteiger partial charge in [0, 0.05) is 24.2 Å². The molecule has 1 heterocycles. The third-order valence-electron chi connectivity index (χ3n) is 4.82. The van der Waals surface area contributed by atoms with E-state index < -0.39 is 22.7 Å². The topological polar surface area (TPSA) is 104 Å². The van der Waals surface area contributed by atoms with Gasteiger partial charge in [-0.15, -0.1) is 0 Å². The van der Waals surface area contributed by atoms with Gasteiger partial charge in [0.15, 0.2) is 5.41 Å². The smallest absolute Gasteiger partial charge is 0.293 e. The molecule has 7 heteroatoms. The lowest BCUT2D eigenvalue weighted by Gasteiger charge is -2.31. The van der Waals surface area contributed by atoms with Crippen molar-refractivity contribution in [3.63, 3.8) is 0 Å². The number of halogens is 1. The van der Waals surface area contributed by atoms with E-state index in [1.54, 1.807) is 32.0 Å². The minimum atomic E-state index is -1.60. The van der Waals surface area contributed by atoms with Crippen LogP contribution in [0.5, 0.6) is 0 Å². The van der Waals surface area contributed by atoms with Gasteiger partial charge in [0.25, 0.3) is 5.91 Å². The third-order valence-corrected chi connectivity index (χ3v) is 5.17. The lowest BCUT2D eigenvalue weighted by Crippen LogP contribution is -2.43. The SMILES string of the molecule is CCOC1(OCC)N=C(N)C2(C#N)C(c3ccccc3Cl)C12C#N. The molecule has 124 valence electrons. The van der Waals surface area contributed by atoms with Crippen LogP contribution in [0.1, 0.15) is 25.3 Å². The summed E-state index contributed by atoms with van der Waals surface area (Å²) in [5.74, 6) is -2.11. The summed E-state index contributed by atoms with van der Waals surface area (Å²) >= 11 is 6.32. The van der Waals surface area contributed by atoms with Crippen LogP contribution in [-0.2, 0) is 9.47 Å². The molecular weight excluding hydrogens is 328 g/mol. The summed E-state index contributed by atoms with van der Waals surface area (Å²) < 4.78 is 11.5. The summed E-state index contributed by atoms with van der Waals surface area (Å²) in [6, 6.07) is 11.6. The predicted molar refractivity (Wildman–Crippen MR) is 87.9 cm³/mol. The average Bonchev–Trinajstić information content (AvgIpc) is 3.14. The van der Waals surface area contributed by atoms with Crippen molar-refractivity contribution in [1.29, 1.82) is 10.5 Å². The van der Waals surface area contributed by atoms with Gasteiger partial charge >= 0.3 is 0 Å². The Morgan fingerprint density at radius 2 is 1.83 bits per heavy atom. The van der Waals surface area contributed by atoms with Crippen molar-refractivity contribution in [2.24, 2.45) is 21.6 Å². The van der Waals surface area contributed by atoms with E-state index in [-0.39, 0.29) is 19.0 Å². The molecular formula is C17H17ClN4O2. The Hall–Kier alpha value is -2.12. The van der Waals surface area contributed by atoms with E-state index in [0.717, 1.165) is 0 Å². The summed E-state index contributed by atoms with van der Waals surface area (Å²) in [6.07, 6.45) is 0. The summed E-state index contributed by atoms with van der Waals surface area (Å²) in [6.45, 7) is 4.07. The van der Waals surface area contributed by atoms with Gasteiger partial charge in [-0.1, -0.05) is 29.8 Å². The Bertz CT molecular complexity index is 791. The first kappa shape index (κ1) is 16.7. The van der Waals surface area contributed by atoms with E-state index in [0.29, 0.717) is 10.6 Å². The van der Waals surface area contributed by atoms with Crippen molar-refractivity contribution in [3.8, 4) is 12.1 Å². The fourth-order valence-corrected chi connectivity index (χ4v) is 4.17. The molecule has 3 unspecified atom stereocenters. The highest BCUT2D eigenvalue weighted by molar-refractivity contribution is 6.31. The van der Waals surface area contributed by atoms with Crippen LogP contribution in [0.15, 0.2) is 29.3 Å². The second-order valence-electron chi connectivity index (χ2n) is 5.74. The van der Waals surface area contributed by atoms with E-state index in [1.165, 1.54) is 0 Å². The number of ether oxygens (including phenoxy) is 2. The summed E-state index contributed by atoms with van der Waals surface area (Å²) in [5.41, 5.74) is 4.11. The molecule has 0 bridgehead atoms. The van der Waals surface area contributed by atoms with Gasteiger partial charge in [-0.05, 0) is 25.5 Å². The molecule has 1 fully saturated rings. The van der Waals surface area contributed by atoms with Crippen LogP contribution in [0.3, 0.4) is 0 Å². The number of nitrogens with zero attached hydrogens (tertiary/aromatic N) is 3. The largest absolute Gasteiger partial charge is 0.386 e. The van der Waals surface area contributed by atoms with Crippen LogP contribution in [0.4, 0.5) is 0 Å². The molecule has 1 saturated carbocycles. The number of hydrogen-bond donors (Lipinski definition) is 1. The third kappa shape index (κ3) is 1.63. The Balaban J connectivity index is 2.25. The summed E-state index contributed by atoms with van der Waals surface area (Å²) in [4.78, 5) is 4.28. The number of nitriles is 2. The van der Waals surface area contributed by atoms with Gasteiger partial charge < -0.3 is 15.2 Å². The number of benzene rings is 1. The summed E-state index contributed by atoms with van der Waals surface area (Å²) in [5, 5.41) is 20.4. The lowest BCUT2D eigenvalue weighted by molar-refractivity contribution is -0.255. The predicted octanol–water partition coefficient (Wildman–Crippen LogP) is 2.55. The molecule has 1 aliphatic heterocycles. The van der Waals surface area contributed by atoms with Crippen molar-refractivity contribution in [2.45, 2.75) is 25.7 Å². The number of fused-ring (bicyclic) bond motifs is 1. The van der Waals surface area contributed by atoms with Crippen molar-refractivity contribution >= 4 is 17.4 Å². The molecule has 3 atom stereocenters. The monoisotopic (exact) mass is 344 g/mol. The number of rotatable bonds is 5. The normalized spacial score (nSPS) is 32.4. The van der Waals surface area contributed by atoms with E-state index in [2.05, 4.69) is 17.1 Å². The summed E-state index contributed by atoms with van der Waals surface area (Å²) in [7, 11) is 0.